The molecule has 2 heterocycles. The molecule has 6 nitrogen and oxygen atoms in total. The topological polar surface area (TPSA) is 79.0 Å². The van der Waals surface area contributed by atoms with Crippen molar-refractivity contribution in [2.45, 2.75) is 51.3 Å². The minimum Gasteiger partial charge on any atom is -0.274 e. The number of imide groups is 1. The van der Waals surface area contributed by atoms with Gasteiger partial charge in [0, 0.05) is 34.3 Å². The van der Waals surface area contributed by atoms with Crippen molar-refractivity contribution in [1.29, 1.82) is 5.26 Å². The Labute approximate surface area is 228 Å². The van der Waals surface area contributed by atoms with Crippen LogP contribution in [0.2, 0.25) is 0 Å². The minimum absolute atomic E-state index is 0.0154. The number of amides is 2. The zero-order valence-electron chi connectivity index (χ0n) is 22.1. The lowest BCUT2D eigenvalue weighted by Crippen LogP contribution is -2.43. The smallest absolute Gasteiger partial charge is 0.271 e. The first-order valence-electron chi connectivity index (χ1n) is 13.1. The first-order chi connectivity index (χ1) is 18.5. The summed E-state index contributed by atoms with van der Waals surface area (Å²) in [7, 11) is 0. The molecule has 0 aliphatic carbocycles. The SMILES string of the molecule is CCCCCN1C(=O)C(=Cc2cn(-c3ccccc3)nc2-c2ccc(SCCC)cc2)C(C)=C(C#N)C1=O. The third-order valence-corrected chi connectivity index (χ3v) is 7.69. The number of hydrogen-bond donors (Lipinski definition) is 0. The van der Waals surface area contributed by atoms with Crippen molar-refractivity contribution >= 4 is 29.7 Å². The molecule has 194 valence electrons. The molecule has 0 unspecified atom stereocenters. The van der Waals surface area contributed by atoms with Crippen LogP contribution in [0.3, 0.4) is 0 Å². The highest BCUT2D eigenvalue weighted by molar-refractivity contribution is 7.99. The second kappa shape index (κ2) is 12.6. The summed E-state index contributed by atoms with van der Waals surface area (Å²) in [5, 5.41) is 14.6. The van der Waals surface area contributed by atoms with Crippen LogP contribution in [0.1, 0.15) is 52.0 Å². The summed E-state index contributed by atoms with van der Waals surface area (Å²) in [6.07, 6.45) is 7.35. The number of unbranched alkanes of at least 4 members (excludes halogenated alkanes) is 2. The summed E-state index contributed by atoms with van der Waals surface area (Å²) in [5.41, 5.74) is 4.05. The van der Waals surface area contributed by atoms with Crippen LogP contribution in [0.5, 0.6) is 0 Å². The molecule has 0 saturated heterocycles. The van der Waals surface area contributed by atoms with Crippen molar-refractivity contribution in [2.75, 3.05) is 12.3 Å². The summed E-state index contributed by atoms with van der Waals surface area (Å²) in [6, 6.07) is 20.1. The average Bonchev–Trinajstić information content (AvgIpc) is 3.37. The molecule has 2 amide bonds. The third-order valence-electron chi connectivity index (χ3n) is 6.47. The quantitative estimate of drug-likeness (QED) is 0.126. The summed E-state index contributed by atoms with van der Waals surface area (Å²) in [6.45, 7) is 6.20. The monoisotopic (exact) mass is 524 g/mol. The highest BCUT2D eigenvalue weighted by atomic mass is 32.2. The first-order valence-corrected chi connectivity index (χ1v) is 14.0. The van der Waals surface area contributed by atoms with Gasteiger partial charge in [-0.25, -0.2) is 4.68 Å². The molecule has 1 aliphatic heterocycles. The number of nitrogens with zero attached hydrogens (tertiary/aromatic N) is 4. The lowest BCUT2D eigenvalue weighted by atomic mass is 9.93. The predicted molar refractivity (Wildman–Crippen MR) is 153 cm³/mol. The lowest BCUT2D eigenvalue weighted by molar-refractivity contribution is -0.140. The zero-order valence-corrected chi connectivity index (χ0v) is 22.9. The number of thioether (sulfide) groups is 1. The van der Waals surface area contributed by atoms with E-state index in [1.165, 1.54) is 9.80 Å². The van der Waals surface area contributed by atoms with Gasteiger partial charge in [-0.1, -0.05) is 57.0 Å². The Morgan fingerprint density at radius 3 is 2.37 bits per heavy atom. The van der Waals surface area contributed by atoms with Crippen molar-refractivity contribution in [3.63, 3.8) is 0 Å². The van der Waals surface area contributed by atoms with Gasteiger partial charge in [-0.05, 0) is 61.4 Å². The van der Waals surface area contributed by atoms with Gasteiger partial charge in [0.15, 0.2) is 0 Å². The number of carbonyl (C=O) groups is 2. The number of para-hydroxylation sites is 1. The molecule has 0 radical (unpaired) electrons. The largest absolute Gasteiger partial charge is 0.274 e. The number of carbonyl (C=O) groups excluding carboxylic acids is 2. The molecule has 3 aromatic rings. The second-order valence-electron chi connectivity index (χ2n) is 9.22. The third kappa shape index (κ3) is 5.81. The molecule has 1 aliphatic rings. The summed E-state index contributed by atoms with van der Waals surface area (Å²) in [4.78, 5) is 28.9. The maximum absolute atomic E-state index is 13.5. The van der Waals surface area contributed by atoms with Crippen LogP contribution in [0.25, 0.3) is 23.0 Å². The van der Waals surface area contributed by atoms with Gasteiger partial charge in [0.1, 0.15) is 11.6 Å². The standard InChI is InChI=1S/C31H32N4O2S/c1-4-6-10-17-34-30(36)27(22(3)28(20-32)31(34)37)19-24-21-35(25-11-8-7-9-12-25)33-29(24)23-13-15-26(16-14-23)38-18-5-2/h7-9,11-16,19,21H,4-6,10,17-18H2,1-3H3. The van der Waals surface area contributed by atoms with E-state index in [1.807, 2.05) is 66.5 Å². The van der Waals surface area contributed by atoms with Crippen LogP contribution in [-0.2, 0) is 9.59 Å². The number of nitriles is 1. The van der Waals surface area contributed by atoms with E-state index in [0.717, 1.165) is 47.5 Å². The van der Waals surface area contributed by atoms with E-state index in [1.54, 1.807) is 17.7 Å². The molecule has 0 bridgehead atoms. The molecule has 1 aromatic heterocycles. The predicted octanol–water partition coefficient (Wildman–Crippen LogP) is 6.82. The Kier molecular flexibility index (Phi) is 8.98. The second-order valence-corrected chi connectivity index (χ2v) is 10.4. The number of benzene rings is 2. The zero-order chi connectivity index (χ0) is 27.1. The van der Waals surface area contributed by atoms with Gasteiger partial charge >= 0.3 is 0 Å². The summed E-state index contributed by atoms with van der Waals surface area (Å²) >= 11 is 1.81. The van der Waals surface area contributed by atoms with E-state index in [2.05, 4.69) is 26.0 Å². The van der Waals surface area contributed by atoms with Crippen molar-refractivity contribution in [3.8, 4) is 23.0 Å². The van der Waals surface area contributed by atoms with Crippen LogP contribution in [-0.4, -0.2) is 38.8 Å². The van der Waals surface area contributed by atoms with Crippen LogP contribution >= 0.6 is 11.8 Å². The van der Waals surface area contributed by atoms with Crippen LogP contribution in [0.4, 0.5) is 0 Å². The average molecular weight is 525 g/mol. The van der Waals surface area contributed by atoms with E-state index in [0.29, 0.717) is 24.1 Å². The van der Waals surface area contributed by atoms with Gasteiger partial charge in [-0.15, -0.1) is 11.8 Å². The van der Waals surface area contributed by atoms with E-state index in [4.69, 9.17) is 5.10 Å². The van der Waals surface area contributed by atoms with E-state index >= 15 is 0 Å². The van der Waals surface area contributed by atoms with Crippen LogP contribution in [0.15, 0.2) is 82.4 Å². The fourth-order valence-corrected chi connectivity index (χ4v) is 5.14. The van der Waals surface area contributed by atoms with Gasteiger partial charge in [-0.3, -0.25) is 14.5 Å². The highest BCUT2D eigenvalue weighted by Gasteiger charge is 2.35. The van der Waals surface area contributed by atoms with Crippen molar-refractivity contribution in [2.24, 2.45) is 0 Å². The fraction of sp³-hybridized carbons (Fsp3) is 0.290. The number of hydrogen-bond acceptors (Lipinski definition) is 5. The minimum atomic E-state index is -0.511. The molecule has 0 fully saturated rings. The molecular formula is C31H32N4O2S. The Balaban J connectivity index is 1.82. The normalized spacial score (nSPS) is 14.9. The Hall–Kier alpha value is -3.89. The molecule has 2 aromatic carbocycles. The fourth-order valence-electron chi connectivity index (χ4n) is 4.37. The van der Waals surface area contributed by atoms with E-state index < -0.39 is 5.91 Å². The Morgan fingerprint density at radius 1 is 0.974 bits per heavy atom. The molecule has 0 atom stereocenters. The Bertz CT molecular complexity index is 1410. The van der Waals surface area contributed by atoms with E-state index in [9.17, 15) is 14.9 Å². The summed E-state index contributed by atoms with van der Waals surface area (Å²) in [5.74, 6) is 0.179. The first kappa shape index (κ1) is 27.2. The van der Waals surface area contributed by atoms with Gasteiger partial charge in [0.05, 0.1) is 11.4 Å². The number of aromatic nitrogens is 2. The molecule has 0 saturated carbocycles. The number of rotatable bonds is 10. The molecule has 0 N–H and O–H groups in total. The van der Waals surface area contributed by atoms with Gasteiger partial charge in [0.2, 0.25) is 0 Å². The summed E-state index contributed by atoms with van der Waals surface area (Å²) < 4.78 is 1.79. The molecule has 38 heavy (non-hydrogen) atoms. The van der Waals surface area contributed by atoms with E-state index in [-0.39, 0.29) is 11.5 Å². The Morgan fingerprint density at radius 2 is 1.71 bits per heavy atom. The lowest BCUT2D eigenvalue weighted by Gasteiger charge is -2.27. The molecule has 4 rings (SSSR count). The van der Waals surface area contributed by atoms with Crippen molar-refractivity contribution < 1.29 is 9.59 Å². The van der Waals surface area contributed by atoms with Gasteiger partial charge in [-0.2, -0.15) is 10.4 Å². The van der Waals surface area contributed by atoms with Gasteiger partial charge < -0.3 is 0 Å². The van der Waals surface area contributed by atoms with Gasteiger partial charge in [0.25, 0.3) is 11.8 Å². The maximum Gasteiger partial charge on any atom is 0.271 e. The molecule has 0 spiro atoms. The highest BCUT2D eigenvalue weighted by Crippen LogP contribution is 2.32. The molecule has 7 heteroatoms. The van der Waals surface area contributed by atoms with Crippen LogP contribution in [0, 0.1) is 11.3 Å². The van der Waals surface area contributed by atoms with Crippen molar-refractivity contribution in [3.05, 3.63) is 83.1 Å². The van der Waals surface area contributed by atoms with Crippen molar-refractivity contribution in [1.82, 2.24) is 14.7 Å². The van der Waals surface area contributed by atoms with Crippen LogP contribution < -0.4 is 0 Å². The molecular weight excluding hydrogens is 492 g/mol. The maximum atomic E-state index is 13.5.